The summed E-state index contributed by atoms with van der Waals surface area (Å²) in [6.07, 6.45) is 4.49. The van der Waals surface area contributed by atoms with E-state index in [4.69, 9.17) is 4.74 Å². The lowest BCUT2D eigenvalue weighted by Gasteiger charge is -2.07. The fourth-order valence-electron chi connectivity index (χ4n) is 1.97. The highest BCUT2D eigenvalue weighted by molar-refractivity contribution is 5.66. The molecule has 6 nitrogen and oxygen atoms in total. The third kappa shape index (κ3) is 2.23. The Kier molecular flexibility index (Phi) is 3.12. The molecule has 0 amide bonds. The van der Waals surface area contributed by atoms with Crippen LogP contribution in [0.1, 0.15) is 5.56 Å². The second kappa shape index (κ2) is 5.08. The maximum Gasteiger partial charge on any atom is 0.281 e. The summed E-state index contributed by atoms with van der Waals surface area (Å²) < 4.78 is 6.67. The van der Waals surface area contributed by atoms with Gasteiger partial charge in [0.1, 0.15) is 12.1 Å². The van der Waals surface area contributed by atoms with Crippen molar-refractivity contribution in [2.75, 3.05) is 7.11 Å². The van der Waals surface area contributed by atoms with Crippen molar-refractivity contribution in [3.05, 3.63) is 58.9 Å². The maximum atomic E-state index is 12.3. The molecule has 0 aliphatic rings. The van der Waals surface area contributed by atoms with Crippen LogP contribution in [0.3, 0.4) is 0 Å². The van der Waals surface area contributed by atoms with Gasteiger partial charge in [0.05, 0.1) is 13.7 Å². The van der Waals surface area contributed by atoms with Gasteiger partial charge in [0, 0.05) is 12.4 Å². The van der Waals surface area contributed by atoms with Gasteiger partial charge < -0.3 is 4.74 Å². The van der Waals surface area contributed by atoms with Gasteiger partial charge in [-0.15, -0.1) is 0 Å². The third-order valence-electron chi connectivity index (χ3n) is 2.95. The molecule has 0 radical (unpaired) electrons. The summed E-state index contributed by atoms with van der Waals surface area (Å²) in [7, 11) is 1.61. The van der Waals surface area contributed by atoms with Crippen LogP contribution in [-0.4, -0.2) is 26.6 Å². The first-order valence-corrected chi connectivity index (χ1v) is 6.07. The molecule has 3 aromatic rings. The number of nitrogens with zero attached hydrogens (tertiary/aromatic N) is 4. The Hall–Kier alpha value is -2.76. The van der Waals surface area contributed by atoms with Crippen molar-refractivity contribution >= 4 is 11.2 Å². The zero-order valence-corrected chi connectivity index (χ0v) is 10.9. The molecule has 0 atom stereocenters. The number of aromatic nitrogens is 4. The molecule has 0 bridgehead atoms. The van der Waals surface area contributed by atoms with Crippen LogP contribution in [0.4, 0.5) is 0 Å². The van der Waals surface area contributed by atoms with Crippen molar-refractivity contribution in [3.8, 4) is 5.75 Å². The van der Waals surface area contributed by atoms with Crippen molar-refractivity contribution < 1.29 is 4.74 Å². The molecular formula is C14H12N4O2. The van der Waals surface area contributed by atoms with Gasteiger partial charge in [-0.05, 0) is 17.7 Å². The van der Waals surface area contributed by atoms with Crippen LogP contribution < -0.4 is 10.3 Å². The average Bonchev–Trinajstić information content (AvgIpc) is 2.50. The lowest BCUT2D eigenvalue weighted by Crippen LogP contribution is -2.22. The molecule has 0 spiro atoms. The fraction of sp³-hybridized carbons (Fsp3) is 0.143. The van der Waals surface area contributed by atoms with Crippen LogP contribution in [0.15, 0.2) is 47.8 Å². The van der Waals surface area contributed by atoms with Crippen LogP contribution in [-0.2, 0) is 6.54 Å². The Morgan fingerprint density at radius 3 is 2.90 bits per heavy atom. The van der Waals surface area contributed by atoms with Gasteiger partial charge in [-0.3, -0.25) is 9.36 Å². The summed E-state index contributed by atoms with van der Waals surface area (Å²) in [5, 5.41) is 0. The molecule has 100 valence electrons. The van der Waals surface area contributed by atoms with Gasteiger partial charge >= 0.3 is 0 Å². The van der Waals surface area contributed by atoms with Crippen LogP contribution in [0.2, 0.25) is 0 Å². The molecule has 0 aliphatic heterocycles. The van der Waals surface area contributed by atoms with Gasteiger partial charge in [-0.1, -0.05) is 12.1 Å². The first-order chi connectivity index (χ1) is 9.78. The molecule has 6 heteroatoms. The molecule has 2 aromatic heterocycles. The summed E-state index contributed by atoms with van der Waals surface area (Å²) in [4.78, 5) is 24.5. The van der Waals surface area contributed by atoms with Gasteiger partial charge in [0.15, 0.2) is 11.2 Å². The smallest absolute Gasteiger partial charge is 0.281 e. The molecule has 3 rings (SSSR count). The quantitative estimate of drug-likeness (QED) is 0.715. The van der Waals surface area contributed by atoms with Crippen molar-refractivity contribution in [1.29, 1.82) is 0 Å². The summed E-state index contributed by atoms with van der Waals surface area (Å²) in [6.45, 7) is 0.412. The SMILES string of the molecule is COc1cccc(Cn2cnc3nccnc3c2=O)c1. The van der Waals surface area contributed by atoms with Crippen LogP contribution >= 0.6 is 0 Å². The molecule has 0 fully saturated rings. The predicted molar refractivity (Wildman–Crippen MR) is 73.7 cm³/mol. The van der Waals surface area contributed by atoms with E-state index in [2.05, 4.69) is 15.0 Å². The highest BCUT2D eigenvalue weighted by Crippen LogP contribution is 2.13. The minimum absolute atomic E-state index is 0.203. The second-order valence-electron chi connectivity index (χ2n) is 4.26. The van der Waals surface area contributed by atoms with Gasteiger partial charge in [0.2, 0.25) is 0 Å². The standard InChI is InChI=1S/C14H12N4O2/c1-20-11-4-2-3-10(7-11)8-18-9-17-13-12(14(18)19)15-5-6-16-13/h2-7,9H,8H2,1H3. The average molecular weight is 268 g/mol. The van der Waals surface area contributed by atoms with Gasteiger partial charge in [-0.25, -0.2) is 15.0 Å². The minimum Gasteiger partial charge on any atom is -0.497 e. The number of methoxy groups -OCH3 is 1. The third-order valence-corrected chi connectivity index (χ3v) is 2.95. The van der Waals surface area contributed by atoms with Crippen molar-refractivity contribution in [3.63, 3.8) is 0 Å². The predicted octanol–water partition coefficient (Wildman–Crippen LogP) is 1.24. The summed E-state index contributed by atoms with van der Waals surface area (Å²) in [5.74, 6) is 0.754. The zero-order chi connectivity index (χ0) is 13.9. The van der Waals surface area contributed by atoms with Gasteiger partial charge in [-0.2, -0.15) is 0 Å². The number of hydrogen-bond donors (Lipinski definition) is 0. The topological polar surface area (TPSA) is 69.9 Å². The van der Waals surface area contributed by atoms with E-state index in [1.807, 2.05) is 24.3 Å². The van der Waals surface area contributed by atoms with Crippen molar-refractivity contribution in [1.82, 2.24) is 19.5 Å². The molecule has 2 heterocycles. The monoisotopic (exact) mass is 268 g/mol. The van der Waals surface area contributed by atoms with E-state index in [9.17, 15) is 4.79 Å². The highest BCUT2D eigenvalue weighted by Gasteiger charge is 2.06. The maximum absolute atomic E-state index is 12.3. The second-order valence-corrected chi connectivity index (χ2v) is 4.26. The number of benzene rings is 1. The van der Waals surface area contributed by atoms with E-state index in [1.165, 1.54) is 23.3 Å². The fourth-order valence-corrected chi connectivity index (χ4v) is 1.97. The molecular weight excluding hydrogens is 256 g/mol. The van der Waals surface area contributed by atoms with E-state index in [0.717, 1.165) is 11.3 Å². The van der Waals surface area contributed by atoms with Crippen molar-refractivity contribution in [2.24, 2.45) is 0 Å². The van der Waals surface area contributed by atoms with Crippen LogP contribution in [0.25, 0.3) is 11.2 Å². The Balaban J connectivity index is 2.02. The van der Waals surface area contributed by atoms with Crippen molar-refractivity contribution in [2.45, 2.75) is 6.54 Å². The molecule has 1 aromatic carbocycles. The Morgan fingerprint density at radius 1 is 1.20 bits per heavy atom. The molecule has 20 heavy (non-hydrogen) atoms. The number of fused-ring (bicyclic) bond motifs is 1. The Bertz CT molecular complexity index is 813. The minimum atomic E-state index is -0.203. The van der Waals surface area contributed by atoms with E-state index in [0.29, 0.717) is 12.2 Å². The normalized spacial score (nSPS) is 10.7. The summed E-state index contributed by atoms with van der Waals surface area (Å²) in [5.41, 5.74) is 1.39. The summed E-state index contributed by atoms with van der Waals surface area (Å²) in [6, 6.07) is 7.55. The number of ether oxygens (including phenoxy) is 1. The number of rotatable bonds is 3. The van der Waals surface area contributed by atoms with Gasteiger partial charge in [0.25, 0.3) is 5.56 Å². The zero-order valence-electron chi connectivity index (χ0n) is 10.9. The van der Waals surface area contributed by atoms with E-state index in [1.54, 1.807) is 7.11 Å². The first kappa shape index (κ1) is 12.3. The highest BCUT2D eigenvalue weighted by atomic mass is 16.5. The number of hydrogen-bond acceptors (Lipinski definition) is 5. The first-order valence-electron chi connectivity index (χ1n) is 6.07. The largest absolute Gasteiger partial charge is 0.497 e. The lowest BCUT2D eigenvalue weighted by molar-refractivity contribution is 0.414. The molecule has 0 aliphatic carbocycles. The van der Waals surface area contributed by atoms with Crippen LogP contribution in [0.5, 0.6) is 5.75 Å². The van der Waals surface area contributed by atoms with E-state index >= 15 is 0 Å². The lowest BCUT2D eigenvalue weighted by atomic mass is 10.2. The Morgan fingerprint density at radius 2 is 2.05 bits per heavy atom. The molecule has 0 saturated heterocycles. The molecule has 0 N–H and O–H groups in total. The molecule has 0 saturated carbocycles. The summed E-state index contributed by atoms with van der Waals surface area (Å²) >= 11 is 0. The van der Waals surface area contributed by atoms with Crippen LogP contribution in [0, 0.1) is 0 Å². The Labute approximate surface area is 114 Å². The molecule has 0 unspecified atom stereocenters. The van der Waals surface area contributed by atoms with E-state index < -0.39 is 0 Å². The van der Waals surface area contributed by atoms with E-state index in [-0.39, 0.29) is 11.1 Å².